The van der Waals surface area contributed by atoms with Crippen LogP contribution < -0.4 is 0 Å². The number of H-pyrrole nitrogens is 1. The zero-order valence-electron chi connectivity index (χ0n) is 11.4. The molecule has 4 heteroatoms. The van der Waals surface area contributed by atoms with E-state index in [1.807, 2.05) is 23.1 Å². The van der Waals surface area contributed by atoms with Crippen molar-refractivity contribution < 1.29 is 0 Å². The van der Waals surface area contributed by atoms with Crippen LogP contribution in [0.2, 0.25) is 0 Å². The summed E-state index contributed by atoms with van der Waals surface area (Å²) >= 11 is 3.94. The Labute approximate surface area is 126 Å². The minimum Gasteiger partial charge on any atom is -0.337 e. The summed E-state index contributed by atoms with van der Waals surface area (Å²) in [5.41, 5.74) is 5.09. The van der Waals surface area contributed by atoms with Crippen LogP contribution in [-0.2, 0) is 18.6 Å². The van der Waals surface area contributed by atoms with Crippen molar-refractivity contribution in [2.24, 2.45) is 0 Å². The van der Waals surface area contributed by atoms with E-state index < -0.39 is 0 Å². The van der Waals surface area contributed by atoms with Gasteiger partial charge in [0, 0.05) is 10.6 Å². The van der Waals surface area contributed by atoms with Gasteiger partial charge in [0.15, 0.2) is 0 Å². The first-order chi connectivity index (χ1) is 9.83. The number of imidazole rings is 1. The summed E-state index contributed by atoms with van der Waals surface area (Å²) in [6, 6.07) is 8.83. The lowest BCUT2D eigenvalue weighted by Gasteiger charge is -2.08. The highest BCUT2D eigenvalue weighted by Crippen LogP contribution is 2.36. The van der Waals surface area contributed by atoms with E-state index in [4.69, 9.17) is 4.98 Å². The fourth-order valence-electron chi connectivity index (χ4n) is 2.66. The maximum Gasteiger partial charge on any atom is 0.148 e. The molecule has 0 amide bonds. The molecule has 0 atom stereocenters. The van der Waals surface area contributed by atoms with Gasteiger partial charge in [-0.3, -0.25) is 0 Å². The SMILES string of the molecule is CCc1ccc2nc(-c3cc4c(s3)CCSC4)[nH]c2c1. The Morgan fingerprint density at radius 1 is 1.30 bits per heavy atom. The summed E-state index contributed by atoms with van der Waals surface area (Å²) < 4.78 is 0. The van der Waals surface area contributed by atoms with Gasteiger partial charge < -0.3 is 4.98 Å². The zero-order valence-corrected chi connectivity index (χ0v) is 13.0. The lowest BCUT2D eigenvalue weighted by Crippen LogP contribution is -1.96. The molecular formula is C16H16N2S2. The molecule has 2 aromatic heterocycles. The van der Waals surface area contributed by atoms with Crippen molar-refractivity contribution in [3.63, 3.8) is 0 Å². The number of aryl methyl sites for hydroxylation is 2. The third-order valence-electron chi connectivity index (χ3n) is 3.82. The largest absolute Gasteiger partial charge is 0.337 e. The highest BCUT2D eigenvalue weighted by molar-refractivity contribution is 7.98. The van der Waals surface area contributed by atoms with E-state index in [1.54, 1.807) is 4.88 Å². The zero-order chi connectivity index (χ0) is 13.5. The average molecular weight is 300 g/mol. The van der Waals surface area contributed by atoms with Crippen molar-refractivity contribution in [3.8, 4) is 10.7 Å². The fourth-order valence-corrected chi connectivity index (χ4v) is 4.97. The van der Waals surface area contributed by atoms with E-state index in [0.29, 0.717) is 0 Å². The first-order valence-electron chi connectivity index (χ1n) is 7.02. The lowest BCUT2D eigenvalue weighted by atomic mass is 10.1. The van der Waals surface area contributed by atoms with Gasteiger partial charge in [-0.25, -0.2) is 4.98 Å². The maximum atomic E-state index is 4.75. The third-order valence-corrected chi connectivity index (χ3v) is 6.07. The van der Waals surface area contributed by atoms with Gasteiger partial charge in [-0.15, -0.1) is 11.3 Å². The molecule has 0 bridgehead atoms. The number of nitrogens with zero attached hydrogens (tertiary/aromatic N) is 1. The topological polar surface area (TPSA) is 28.7 Å². The molecule has 102 valence electrons. The number of hydrogen-bond acceptors (Lipinski definition) is 3. The highest BCUT2D eigenvalue weighted by atomic mass is 32.2. The Kier molecular flexibility index (Phi) is 3.08. The molecule has 0 saturated carbocycles. The van der Waals surface area contributed by atoms with Crippen LogP contribution in [0.25, 0.3) is 21.7 Å². The summed E-state index contributed by atoms with van der Waals surface area (Å²) in [7, 11) is 0. The first kappa shape index (κ1) is 12.5. The van der Waals surface area contributed by atoms with Crippen molar-refractivity contribution >= 4 is 34.1 Å². The molecule has 4 rings (SSSR count). The van der Waals surface area contributed by atoms with Crippen LogP contribution in [0, 0.1) is 0 Å². The van der Waals surface area contributed by atoms with E-state index in [2.05, 4.69) is 36.2 Å². The number of fused-ring (bicyclic) bond motifs is 2. The summed E-state index contributed by atoms with van der Waals surface area (Å²) in [5, 5.41) is 0. The number of rotatable bonds is 2. The minimum absolute atomic E-state index is 1.03. The molecule has 2 nitrogen and oxygen atoms in total. The minimum atomic E-state index is 1.03. The monoisotopic (exact) mass is 300 g/mol. The van der Waals surface area contributed by atoms with E-state index >= 15 is 0 Å². The molecule has 0 fully saturated rings. The Balaban J connectivity index is 1.79. The fraction of sp³-hybridized carbons (Fsp3) is 0.312. The predicted octanol–water partition coefficient (Wildman–Crippen LogP) is 4.64. The van der Waals surface area contributed by atoms with Gasteiger partial charge in [0.2, 0.25) is 0 Å². The molecule has 1 aromatic carbocycles. The van der Waals surface area contributed by atoms with Gasteiger partial charge in [0.25, 0.3) is 0 Å². The van der Waals surface area contributed by atoms with E-state index in [1.165, 1.54) is 28.2 Å². The third kappa shape index (κ3) is 2.07. The molecule has 3 heterocycles. The Hall–Kier alpha value is -1.26. The Morgan fingerprint density at radius 3 is 3.10 bits per heavy atom. The van der Waals surface area contributed by atoms with Crippen LogP contribution in [0.1, 0.15) is 22.9 Å². The molecule has 0 radical (unpaired) electrons. The predicted molar refractivity (Wildman–Crippen MR) is 88.7 cm³/mol. The second-order valence-corrected chi connectivity index (χ2v) is 7.39. The number of benzene rings is 1. The number of aromatic nitrogens is 2. The Morgan fingerprint density at radius 2 is 2.25 bits per heavy atom. The summed E-state index contributed by atoms with van der Waals surface area (Å²) in [6.45, 7) is 2.18. The van der Waals surface area contributed by atoms with E-state index in [-0.39, 0.29) is 0 Å². The molecule has 0 spiro atoms. The van der Waals surface area contributed by atoms with Gasteiger partial charge in [-0.05, 0) is 47.9 Å². The Bertz CT molecular complexity index is 746. The maximum absolute atomic E-state index is 4.75. The number of thioether (sulfide) groups is 1. The molecule has 0 saturated heterocycles. The summed E-state index contributed by atoms with van der Waals surface area (Å²) in [5.74, 6) is 3.44. The van der Waals surface area contributed by atoms with Gasteiger partial charge in [0.1, 0.15) is 5.82 Å². The van der Waals surface area contributed by atoms with E-state index in [0.717, 1.165) is 29.0 Å². The number of hydrogen-bond donors (Lipinski definition) is 1. The normalized spacial score (nSPS) is 14.7. The number of thiophene rings is 1. The molecule has 1 aliphatic heterocycles. The second kappa shape index (κ2) is 4.93. The van der Waals surface area contributed by atoms with Crippen LogP contribution in [0.4, 0.5) is 0 Å². The summed E-state index contributed by atoms with van der Waals surface area (Å²) in [6.07, 6.45) is 2.28. The van der Waals surface area contributed by atoms with Gasteiger partial charge in [-0.1, -0.05) is 13.0 Å². The van der Waals surface area contributed by atoms with Crippen molar-refractivity contribution in [2.45, 2.75) is 25.5 Å². The van der Waals surface area contributed by atoms with Gasteiger partial charge >= 0.3 is 0 Å². The molecule has 1 aliphatic rings. The molecule has 3 aromatic rings. The van der Waals surface area contributed by atoms with Crippen molar-refractivity contribution in [1.29, 1.82) is 0 Å². The van der Waals surface area contributed by atoms with Crippen LogP contribution >= 0.6 is 23.1 Å². The van der Waals surface area contributed by atoms with Crippen molar-refractivity contribution in [3.05, 3.63) is 40.3 Å². The van der Waals surface area contributed by atoms with E-state index in [9.17, 15) is 0 Å². The molecule has 0 unspecified atom stereocenters. The van der Waals surface area contributed by atoms with Crippen molar-refractivity contribution in [1.82, 2.24) is 9.97 Å². The van der Waals surface area contributed by atoms with Crippen LogP contribution in [0.15, 0.2) is 24.3 Å². The van der Waals surface area contributed by atoms with Gasteiger partial charge in [-0.2, -0.15) is 11.8 Å². The lowest BCUT2D eigenvalue weighted by molar-refractivity contribution is 1.13. The number of aromatic amines is 1. The van der Waals surface area contributed by atoms with Gasteiger partial charge in [0.05, 0.1) is 15.9 Å². The smallest absolute Gasteiger partial charge is 0.148 e. The molecule has 20 heavy (non-hydrogen) atoms. The number of nitrogens with one attached hydrogen (secondary N) is 1. The molecular weight excluding hydrogens is 284 g/mol. The molecule has 1 N–H and O–H groups in total. The van der Waals surface area contributed by atoms with Crippen molar-refractivity contribution in [2.75, 3.05) is 5.75 Å². The quantitative estimate of drug-likeness (QED) is 0.746. The standard InChI is InChI=1S/C16H16N2S2/c1-2-10-3-4-12-13(7-10)18-16(17-12)15-8-11-9-19-6-5-14(11)20-15/h3-4,7-8H,2,5-6,9H2,1H3,(H,17,18). The first-order valence-corrected chi connectivity index (χ1v) is 8.99. The highest BCUT2D eigenvalue weighted by Gasteiger charge is 2.16. The average Bonchev–Trinajstić information content (AvgIpc) is 3.09. The van der Waals surface area contributed by atoms with Crippen LogP contribution in [-0.4, -0.2) is 15.7 Å². The second-order valence-electron chi connectivity index (χ2n) is 5.15. The molecule has 0 aliphatic carbocycles. The van der Waals surface area contributed by atoms with Crippen LogP contribution in [0.3, 0.4) is 0 Å². The summed E-state index contributed by atoms with van der Waals surface area (Å²) in [4.78, 5) is 11.1. The van der Waals surface area contributed by atoms with Crippen LogP contribution in [0.5, 0.6) is 0 Å².